The predicted molar refractivity (Wildman–Crippen MR) is 55.4 cm³/mol. The van der Waals surface area contributed by atoms with Crippen LogP contribution >= 0.6 is 15.9 Å². The van der Waals surface area contributed by atoms with Crippen molar-refractivity contribution in [2.45, 2.75) is 0 Å². The first-order chi connectivity index (χ1) is 6.45. The minimum Gasteiger partial charge on any atom is -0.478 e. The molecule has 76 valence electrons. The van der Waals surface area contributed by atoms with Crippen LogP contribution in [0.3, 0.4) is 0 Å². The van der Waals surface area contributed by atoms with Gasteiger partial charge < -0.3 is 10.0 Å². The van der Waals surface area contributed by atoms with E-state index in [1.165, 1.54) is 12.1 Å². The van der Waals surface area contributed by atoms with E-state index in [4.69, 9.17) is 5.11 Å². The van der Waals surface area contributed by atoms with Crippen molar-refractivity contribution in [3.05, 3.63) is 28.0 Å². The van der Waals surface area contributed by atoms with Crippen LogP contribution < -0.4 is 4.90 Å². The Morgan fingerprint density at radius 3 is 2.50 bits per heavy atom. The fraction of sp³-hybridized carbons (Fsp3) is 0.222. The van der Waals surface area contributed by atoms with Crippen LogP contribution in [-0.2, 0) is 0 Å². The van der Waals surface area contributed by atoms with E-state index in [-0.39, 0.29) is 10.0 Å². The SMILES string of the molecule is CN(C)c1ccc(C(=O)O)c(Br)c1F. The quantitative estimate of drug-likeness (QED) is 0.889. The molecular formula is C9H9BrFNO2. The third-order valence-corrected chi connectivity index (χ3v) is 2.55. The minimum atomic E-state index is -1.15. The summed E-state index contributed by atoms with van der Waals surface area (Å²) in [7, 11) is 3.37. The van der Waals surface area contributed by atoms with Gasteiger partial charge in [0.2, 0.25) is 0 Å². The average Bonchev–Trinajstić information content (AvgIpc) is 2.08. The van der Waals surface area contributed by atoms with E-state index >= 15 is 0 Å². The molecule has 0 spiro atoms. The molecule has 0 saturated carbocycles. The van der Waals surface area contributed by atoms with Crippen LogP contribution in [-0.4, -0.2) is 25.2 Å². The zero-order chi connectivity index (χ0) is 10.9. The maximum absolute atomic E-state index is 13.5. The van der Waals surface area contributed by atoms with Gasteiger partial charge in [0.15, 0.2) is 5.82 Å². The van der Waals surface area contributed by atoms with Gasteiger partial charge in [-0.25, -0.2) is 9.18 Å². The third-order valence-electron chi connectivity index (χ3n) is 1.77. The smallest absolute Gasteiger partial charge is 0.336 e. The van der Waals surface area contributed by atoms with Crippen molar-refractivity contribution in [3.63, 3.8) is 0 Å². The number of aromatic carboxylic acids is 1. The topological polar surface area (TPSA) is 40.5 Å². The highest BCUT2D eigenvalue weighted by Crippen LogP contribution is 2.28. The summed E-state index contributed by atoms with van der Waals surface area (Å²) in [5, 5.41) is 8.71. The second-order valence-electron chi connectivity index (χ2n) is 2.96. The number of benzene rings is 1. The lowest BCUT2D eigenvalue weighted by Gasteiger charge is -2.14. The number of halogens is 2. The Hall–Kier alpha value is -1.10. The van der Waals surface area contributed by atoms with Crippen molar-refractivity contribution in [2.24, 2.45) is 0 Å². The third kappa shape index (κ3) is 1.87. The van der Waals surface area contributed by atoms with Crippen LogP contribution in [0, 0.1) is 5.82 Å². The number of carboxylic acid groups (broad SMARTS) is 1. The molecule has 0 atom stereocenters. The molecule has 0 aromatic heterocycles. The van der Waals surface area contributed by atoms with Gasteiger partial charge in [-0.2, -0.15) is 0 Å². The van der Waals surface area contributed by atoms with Gasteiger partial charge in [0.25, 0.3) is 0 Å². The number of hydrogen-bond acceptors (Lipinski definition) is 2. The summed E-state index contributed by atoms with van der Waals surface area (Å²) in [5.74, 6) is -1.71. The van der Waals surface area contributed by atoms with Gasteiger partial charge in [-0.15, -0.1) is 0 Å². The molecule has 0 aliphatic heterocycles. The summed E-state index contributed by atoms with van der Waals surface area (Å²) in [6.07, 6.45) is 0. The summed E-state index contributed by atoms with van der Waals surface area (Å²) < 4.78 is 13.5. The first kappa shape index (κ1) is 11.0. The molecule has 0 heterocycles. The molecule has 1 N–H and O–H groups in total. The van der Waals surface area contributed by atoms with Crippen molar-refractivity contribution < 1.29 is 14.3 Å². The highest BCUT2D eigenvalue weighted by molar-refractivity contribution is 9.10. The fourth-order valence-electron chi connectivity index (χ4n) is 1.05. The summed E-state index contributed by atoms with van der Waals surface area (Å²) >= 11 is 2.92. The Morgan fingerprint density at radius 1 is 1.50 bits per heavy atom. The molecule has 3 nitrogen and oxygen atoms in total. The highest BCUT2D eigenvalue weighted by Gasteiger charge is 2.16. The first-order valence-corrected chi connectivity index (χ1v) is 4.63. The second-order valence-corrected chi connectivity index (χ2v) is 3.75. The van der Waals surface area contributed by atoms with Gasteiger partial charge in [0, 0.05) is 14.1 Å². The van der Waals surface area contributed by atoms with Crippen molar-refractivity contribution in [3.8, 4) is 0 Å². The zero-order valence-corrected chi connectivity index (χ0v) is 9.30. The molecule has 0 bridgehead atoms. The van der Waals surface area contributed by atoms with E-state index in [9.17, 15) is 9.18 Å². The Bertz CT molecular complexity index is 379. The Labute approximate surface area is 89.3 Å². The maximum Gasteiger partial charge on any atom is 0.336 e. The van der Waals surface area contributed by atoms with Crippen molar-refractivity contribution in [2.75, 3.05) is 19.0 Å². The lowest BCUT2D eigenvalue weighted by atomic mass is 10.2. The van der Waals surface area contributed by atoms with Gasteiger partial charge in [-0.05, 0) is 28.1 Å². The standard InChI is InChI=1S/C9H9BrFNO2/c1-12(2)6-4-3-5(9(13)14)7(10)8(6)11/h3-4H,1-2H3,(H,13,14). The molecule has 0 fully saturated rings. The van der Waals surface area contributed by atoms with Crippen LogP contribution in [0.4, 0.5) is 10.1 Å². The van der Waals surface area contributed by atoms with Gasteiger partial charge in [0.05, 0.1) is 15.7 Å². The summed E-state index contributed by atoms with van der Waals surface area (Å²) in [5.41, 5.74) is 0.273. The summed E-state index contributed by atoms with van der Waals surface area (Å²) in [6, 6.07) is 2.80. The molecule has 0 aliphatic carbocycles. The van der Waals surface area contributed by atoms with Gasteiger partial charge >= 0.3 is 5.97 Å². The van der Waals surface area contributed by atoms with Gasteiger partial charge in [-0.3, -0.25) is 0 Å². The number of nitrogens with zero attached hydrogens (tertiary/aromatic N) is 1. The van der Waals surface area contributed by atoms with E-state index in [2.05, 4.69) is 15.9 Å². The fourth-order valence-corrected chi connectivity index (χ4v) is 1.55. The monoisotopic (exact) mass is 261 g/mol. The Morgan fingerprint density at radius 2 is 2.07 bits per heavy atom. The van der Waals surface area contributed by atoms with Crippen LogP contribution in [0.15, 0.2) is 16.6 Å². The molecule has 0 radical (unpaired) electrons. The molecule has 1 aromatic rings. The van der Waals surface area contributed by atoms with E-state index in [1.807, 2.05) is 0 Å². The normalized spacial score (nSPS) is 10.0. The molecule has 0 unspecified atom stereocenters. The number of carbonyl (C=O) groups is 1. The van der Waals surface area contributed by atoms with Gasteiger partial charge in [0.1, 0.15) is 0 Å². The lowest BCUT2D eigenvalue weighted by Crippen LogP contribution is -2.12. The molecule has 1 aromatic carbocycles. The van der Waals surface area contributed by atoms with E-state index in [0.717, 1.165) is 0 Å². The van der Waals surface area contributed by atoms with Crippen molar-refractivity contribution >= 4 is 27.6 Å². The van der Waals surface area contributed by atoms with Gasteiger partial charge in [-0.1, -0.05) is 0 Å². The van der Waals surface area contributed by atoms with E-state index in [1.54, 1.807) is 19.0 Å². The number of anilines is 1. The summed E-state index contributed by atoms with van der Waals surface area (Å²) in [4.78, 5) is 12.2. The predicted octanol–water partition coefficient (Wildman–Crippen LogP) is 2.35. The zero-order valence-electron chi connectivity index (χ0n) is 7.71. The first-order valence-electron chi connectivity index (χ1n) is 3.83. The highest BCUT2D eigenvalue weighted by atomic mass is 79.9. The van der Waals surface area contributed by atoms with Crippen LogP contribution in [0.5, 0.6) is 0 Å². The minimum absolute atomic E-state index is 0.0174. The average molecular weight is 262 g/mol. The molecule has 0 amide bonds. The van der Waals surface area contributed by atoms with Crippen LogP contribution in [0.25, 0.3) is 0 Å². The van der Waals surface area contributed by atoms with Crippen LogP contribution in [0.2, 0.25) is 0 Å². The second kappa shape index (κ2) is 3.96. The molecule has 0 saturated heterocycles. The van der Waals surface area contributed by atoms with E-state index in [0.29, 0.717) is 5.69 Å². The molecule has 5 heteroatoms. The Balaban J connectivity index is 3.33. The van der Waals surface area contributed by atoms with Crippen molar-refractivity contribution in [1.82, 2.24) is 0 Å². The number of rotatable bonds is 2. The molecule has 1 rings (SSSR count). The van der Waals surface area contributed by atoms with E-state index < -0.39 is 11.8 Å². The summed E-state index contributed by atoms with van der Waals surface area (Å²) in [6.45, 7) is 0. The van der Waals surface area contributed by atoms with Crippen LogP contribution in [0.1, 0.15) is 10.4 Å². The Kier molecular flexibility index (Phi) is 3.10. The lowest BCUT2D eigenvalue weighted by molar-refractivity contribution is 0.0695. The number of carboxylic acids is 1. The molecular weight excluding hydrogens is 253 g/mol. The largest absolute Gasteiger partial charge is 0.478 e. The number of hydrogen-bond donors (Lipinski definition) is 1. The maximum atomic E-state index is 13.5. The molecule has 0 aliphatic rings. The molecule has 14 heavy (non-hydrogen) atoms. The van der Waals surface area contributed by atoms with Crippen molar-refractivity contribution in [1.29, 1.82) is 0 Å².